The van der Waals surface area contributed by atoms with Crippen LogP contribution < -0.4 is 11.1 Å². The minimum Gasteiger partial charge on any atom is -0.469 e. The Morgan fingerprint density at radius 1 is 1.40 bits per heavy atom. The molecule has 0 saturated heterocycles. The summed E-state index contributed by atoms with van der Waals surface area (Å²) in [6.07, 6.45) is 3.19. The summed E-state index contributed by atoms with van der Waals surface area (Å²) in [7, 11) is 0. The molecule has 1 aromatic carbocycles. The van der Waals surface area contributed by atoms with Crippen LogP contribution in [0.1, 0.15) is 29.5 Å². The van der Waals surface area contributed by atoms with E-state index in [9.17, 15) is 4.79 Å². The van der Waals surface area contributed by atoms with Crippen LogP contribution in [0.25, 0.3) is 0 Å². The highest BCUT2D eigenvalue weighted by Crippen LogP contribution is 2.21. The fourth-order valence-corrected chi connectivity index (χ4v) is 2.23. The molecule has 0 spiro atoms. The summed E-state index contributed by atoms with van der Waals surface area (Å²) in [5.74, 6) is 0.656. The topological polar surface area (TPSA) is 68.3 Å². The molecule has 0 bridgehead atoms. The SMILES string of the molecule is CC(CCc1ccco1)NC(=O)c1c(N)cccc1Cl. The number of carbonyl (C=O) groups is 1. The van der Waals surface area contributed by atoms with Gasteiger partial charge in [-0.3, -0.25) is 4.79 Å². The Bertz CT molecular complexity index is 561. The van der Waals surface area contributed by atoms with E-state index in [0.717, 1.165) is 18.6 Å². The quantitative estimate of drug-likeness (QED) is 0.831. The number of anilines is 1. The van der Waals surface area contributed by atoms with E-state index in [4.69, 9.17) is 21.8 Å². The summed E-state index contributed by atoms with van der Waals surface area (Å²) in [6.45, 7) is 1.94. The second-order valence-corrected chi connectivity index (χ2v) is 5.10. The first-order valence-corrected chi connectivity index (χ1v) is 6.83. The van der Waals surface area contributed by atoms with Gasteiger partial charge in [0.25, 0.3) is 5.91 Å². The first-order valence-electron chi connectivity index (χ1n) is 6.45. The molecule has 5 heteroatoms. The molecule has 0 aliphatic heterocycles. The van der Waals surface area contributed by atoms with Gasteiger partial charge in [-0.15, -0.1) is 0 Å². The Morgan fingerprint density at radius 2 is 2.20 bits per heavy atom. The predicted octanol–water partition coefficient (Wildman–Crippen LogP) is 3.27. The Labute approximate surface area is 122 Å². The van der Waals surface area contributed by atoms with Gasteiger partial charge in [-0.25, -0.2) is 0 Å². The molecule has 1 amide bonds. The van der Waals surface area contributed by atoms with E-state index >= 15 is 0 Å². The van der Waals surface area contributed by atoms with E-state index in [0.29, 0.717) is 16.3 Å². The molecule has 4 nitrogen and oxygen atoms in total. The van der Waals surface area contributed by atoms with Crippen molar-refractivity contribution in [1.82, 2.24) is 5.32 Å². The Hall–Kier alpha value is -1.94. The van der Waals surface area contributed by atoms with Crippen molar-refractivity contribution in [2.75, 3.05) is 5.73 Å². The summed E-state index contributed by atoms with van der Waals surface area (Å²) in [5.41, 5.74) is 6.50. The van der Waals surface area contributed by atoms with Crippen LogP contribution >= 0.6 is 11.6 Å². The highest BCUT2D eigenvalue weighted by Gasteiger charge is 2.16. The summed E-state index contributed by atoms with van der Waals surface area (Å²) in [4.78, 5) is 12.2. The van der Waals surface area contributed by atoms with E-state index in [1.807, 2.05) is 19.1 Å². The normalized spacial score (nSPS) is 12.1. The minimum absolute atomic E-state index is 0.00303. The lowest BCUT2D eigenvalue weighted by molar-refractivity contribution is 0.0939. The summed E-state index contributed by atoms with van der Waals surface area (Å²) in [5, 5.41) is 3.26. The summed E-state index contributed by atoms with van der Waals surface area (Å²) < 4.78 is 5.26. The molecule has 0 aliphatic rings. The highest BCUT2D eigenvalue weighted by molar-refractivity contribution is 6.34. The standard InChI is InChI=1S/C15H17ClN2O2/c1-10(7-8-11-4-3-9-20-11)18-15(19)14-12(16)5-2-6-13(14)17/h2-6,9-10H,7-8,17H2,1H3,(H,18,19). The predicted molar refractivity (Wildman–Crippen MR) is 79.8 cm³/mol. The van der Waals surface area contributed by atoms with Crippen LogP contribution in [0.3, 0.4) is 0 Å². The van der Waals surface area contributed by atoms with Crippen molar-refractivity contribution >= 4 is 23.2 Å². The number of nitrogens with one attached hydrogen (secondary N) is 1. The maximum Gasteiger partial charge on any atom is 0.255 e. The number of nitrogen functional groups attached to an aromatic ring is 1. The van der Waals surface area contributed by atoms with Gasteiger partial charge in [-0.2, -0.15) is 0 Å². The molecule has 1 aromatic heterocycles. The molecular weight excluding hydrogens is 276 g/mol. The highest BCUT2D eigenvalue weighted by atomic mass is 35.5. The van der Waals surface area contributed by atoms with E-state index < -0.39 is 0 Å². The third-order valence-corrected chi connectivity index (χ3v) is 3.37. The van der Waals surface area contributed by atoms with Gasteiger partial charge in [0.15, 0.2) is 0 Å². The number of carbonyl (C=O) groups excluding carboxylic acids is 1. The van der Waals surface area contributed by atoms with Gasteiger partial charge in [-0.1, -0.05) is 17.7 Å². The second kappa shape index (κ2) is 6.48. The molecular formula is C15H17ClN2O2. The Morgan fingerprint density at radius 3 is 2.85 bits per heavy atom. The van der Waals surface area contributed by atoms with Gasteiger partial charge in [-0.05, 0) is 37.6 Å². The van der Waals surface area contributed by atoms with Gasteiger partial charge >= 0.3 is 0 Å². The zero-order valence-corrected chi connectivity index (χ0v) is 12.0. The van der Waals surface area contributed by atoms with E-state index in [1.54, 1.807) is 24.5 Å². The first-order chi connectivity index (χ1) is 9.58. The van der Waals surface area contributed by atoms with E-state index in [1.165, 1.54) is 0 Å². The smallest absolute Gasteiger partial charge is 0.255 e. The molecule has 20 heavy (non-hydrogen) atoms. The molecule has 1 atom stereocenters. The van der Waals surface area contributed by atoms with Crippen molar-refractivity contribution in [1.29, 1.82) is 0 Å². The van der Waals surface area contributed by atoms with Gasteiger partial charge in [0, 0.05) is 18.2 Å². The fraction of sp³-hybridized carbons (Fsp3) is 0.267. The number of furan rings is 1. The van der Waals surface area contributed by atoms with Gasteiger partial charge in [0.05, 0.1) is 16.8 Å². The lowest BCUT2D eigenvalue weighted by Gasteiger charge is -2.15. The molecule has 1 unspecified atom stereocenters. The number of hydrogen-bond donors (Lipinski definition) is 2. The maximum atomic E-state index is 12.2. The van der Waals surface area contributed by atoms with Crippen molar-refractivity contribution in [3.63, 3.8) is 0 Å². The van der Waals surface area contributed by atoms with E-state index in [-0.39, 0.29) is 11.9 Å². The van der Waals surface area contributed by atoms with Crippen molar-refractivity contribution in [2.45, 2.75) is 25.8 Å². The molecule has 0 saturated carbocycles. The molecule has 2 rings (SSSR count). The van der Waals surface area contributed by atoms with Crippen molar-refractivity contribution < 1.29 is 9.21 Å². The molecule has 0 aliphatic carbocycles. The van der Waals surface area contributed by atoms with Crippen molar-refractivity contribution in [3.8, 4) is 0 Å². The summed E-state index contributed by atoms with van der Waals surface area (Å²) in [6, 6.07) is 8.80. The zero-order chi connectivity index (χ0) is 14.5. The van der Waals surface area contributed by atoms with Crippen molar-refractivity contribution in [2.24, 2.45) is 0 Å². The number of nitrogens with two attached hydrogens (primary N) is 1. The van der Waals surface area contributed by atoms with Crippen LogP contribution in [0.2, 0.25) is 5.02 Å². The third kappa shape index (κ3) is 3.54. The average Bonchev–Trinajstić information content (AvgIpc) is 2.89. The maximum absolute atomic E-state index is 12.2. The van der Waals surface area contributed by atoms with Gasteiger partial charge in [0.2, 0.25) is 0 Å². The largest absolute Gasteiger partial charge is 0.469 e. The number of halogens is 1. The van der Waals surface area contributed by atoms with Crippen LogP contribution in [0.5, 0.6) is 0 Å². The monoisotopic (exact) mass is 292 g/mol. The van der Waals surface area contributed by atoms with Crippen LogP contribution in [0.15, 0.2) is 41.0 Å². The van der Waals surface area contributed by atoms with Crippen LogP contribution in [-0.4, -0.2) is 11.9 Å². The molecule has 2 aromatic rings. The summed E-state index contributed by atoms with van der Waals surface area (Å²) >= 11 is 6.01. The first kappa shape index (κ1) is 14.5. The lowest BCUT2D eigenvalue weighted by atomic mass is 10.1. The number of amides is 1. The Balaban J connectivity index is 1.93. The fourth-order valence-electron chi connectivity index (χ4n) is 1.96. The van der Waals surface area contributed by atoms with Crippen LogP contribution in [-0.2, 0) is 6.42 Å². The number of hydrogen-bond acceptors (Lipinski definition) is 3. The molecule has 3 N–H and O–H groups in total. The number of aryl methyl sites for hydroxylation is 1. The second-order valence-electron chi connectivity index (χ2n) is 4.70. The number of benzene rings is 1. The molecule has 0 radical (unpaired) electrons. The third-order valence-electron chi connectivity index (χ3n) is 3.05. The molecule has 0 fully saturated rings. The van der Waals surface area contributed by atoms with Gasteiger partial charge in [0.1, 0.15) is 5.76 Å². The molecule has 106 valence electrons. The minimum atomic E-state index is -0.250. The molecule has 1 heterocycles. The zero-order valence-electron chi connectivity index (χ0n) is 11.2. The van der Waals surface area contributed by atoms with Gasteiger partial charge < -0.3 is 15.5 Å². The Kier molecular flexibility index (Phi) is 4.69. The van der Waals surface area contributed by atoms with Crippen molar-refractivity contribution in [3.05, 3.63) is 52.9 Å². The van der Waals surface area contributed by atoms with Crippen LogP contribution in [0, 0.1) is 0 Å². The average molecular weight is 293 g/mol. The lowest BCUT2D eigenvalue weighted by Crippen LogP contribution is -2.33. The van der Waals surface area contributed by atoms with E-state index in [2.05, 4.69) is 5.32 Å². The van der Waals surface area contributed by atoms with Crippen LogP contribution in [0.4, 0.5) is 5.69 Å². The number of rotatable bonds is 5.